The molecule has 2 rings (SSSR count). The van der Waals surface area contributed by atoms with Crippen LogP contribution in [0.25, 0.3) is 0 Å². The highest BCUT2D eigenvalue weighted by molar-refractivity contribution is 5.13. The second-order valence-corrected chi connectivity index (χ2v) is 4.52. The van der Waals surface area contributed by atoms with Crippen molar-refractivity contribution in [3.05, 3.63) is 41.6 Å². The molecule has 0 spiro atoms. The summed E-state index contributed by atoms with van der Waals surface area (Å²) in [4.78, 5) is 0. The molecule has 0 radical (unpaired) electrons. The van der Waals surface area contributed by atoms with E-state index in [0.717, 1.165) is 24.5 Å². The van der Waals surface area contributed by atoms with Crippen LogP contribution in [0.2, 0.25) is 0 Å². The predicted octanol–water partition coefficient (Wildman–Crippen LogP) is 2.43. The molecule has 92 valence electrons. The third-order valence-electron chi connectivity index (χ3n) is 2.77. The number of hydrogen-bond acceptors (Lipinski definition) is 3. The molecule has 0 fully saturated rings. The summed E-state index contributed by atoms with van der Waals surface area (Å²) in [5.41, 5.74) is 2.34. The maximum atomic E-state index is 5.26. The van der Waals surface area contributed by atoms with Crippen molar-refractivity contribution in [2.24, 2.45) is 7.05 Å². The van der Waals surface area contributed by atoms with Crippen molar-refractivity contribution < 1.29 is 4.42 Å². The van der Waals surface area contributed by atoms with E-state index in [2.05, 4.69) is 30.3 Å². The maximum Gasteiger partial charge on any atom is 0.117 e. The molecule has 2 aromatic heterocycles. The minimum absolute atomic E-state index is 0.472. The van der Waals surface area contributed by atoms with Gasteiger partial charge in [-0.05, 0) is 24.1 Å². The van der Waals surface area contributed by atoms with Gasteiger partial charge in [0.25, 0.3) is 0 Å². The molecule has 4 nitrogen and oxygen atoms in total. The van der Waals surface area contributed by atoms with Crippen molar-refractivity contribution in [3.63, 3.8) is 0 Å². The lowest BCUT2D eigenvalue weighted by atomic mass is 10.1. The molecule has 0 amide bonds. The zero-order valence-electron chi connectivity index (χ0n) is 10.6. The number of rotatable bonds is 5. The molecule has 0 aliphatic heterocycles. The summed E-state index contributed by atoms with van der Waals surface area (Å²) in [6, 6.07) is 6.02. The molecular formula is C13H19N3O. The maximum absolute atomic E-state index is 5.26. The average molecular weight is 233 g/mol. The Labute approximate surface area is 102 Å². The third-order valence-corrected chi connectivity index (χ3v) is 2.77. The molecule has 0 aromatic carbocycles. The number of aryl methyl sites for hydroxylation is 1. The fourth-order valence-electron chi connectivity index (χ4n) is 1.70. The lowest BCUT2D eigenvalue weighted by Gasteiger charge is -2.02. The topological polar surface area (TPSA) is 43.0 Å². The van der Waals surface area contributed by atoms with Crippen LogP contribution < -0.4 is 5.32 Å². The van der Waals surface area contributed by atoms with E-state index in [4.69, 9.17) is 4.42 Å². The fraction of sp³-hybridized carbons (Fsp3) is 0.462. The first kappa shape index (κ1) is 11.9. The van der Waals surface area contributed by atoms with Gasteiger partial charge in [0.05, 0.1) is 24.2 Å². The van der Waals surface area contributed by atoms with Crippen molar-refractivity contribution in [3.8, 4) is 0 Å². The number of hydrogen-bond donors (Lipinski definition) is 1. The zero-order chi connectivity index (χ0) is 12.3. The molecule has 0 saturated carbocycles. The monoisotopic (exact) mass is 233 g/mol. The van der Waals surface area contributed by atoms with Gasteiger partial charge in [0.2, 0.25) is 0 Å². The van der Waals surface area contributed by atoms with Crippen LogP contribution in [0.5, 0.6) is 0 Å². The van der Waals surface area contributed by atoms with Gasteiger partial charge in [0, 0.05) is 13.6 Å². The molecule has 2 heterocycles. The van der Waals surface area contributed by atoms with Gasteiger partial charge in [0.1, 0.15) is 5.76 Å². The average Bonchev–Trinajstić information content (AvgIpc) is 2.89. The summed E-state index contributed by atoms with van der Waals surface area (Å²) in [5, 5.41) is 7.82. The van der Waals surface area contributed by atoms with Gasteiger partial charge < -0.3 is 9.73 Å². The Morgan fingerprint density at radius 2 is 2.24 bits per heavy atom. The molecule has 2 aromatic rings. The Morgan fingerprint density at radius 3 is 2.82 bits per heavy atom. The summed E-state index contributed by atoms with van der Waals surface area (Å²) in [5.74, 6) is 1.43. The van der Waals surface area contributed by atoms with E-state index in [1.807, 2.05) is 23.9 Å². The van der Waals surface area contributed by atoms with E-state index in [1.54, 1.807) is 6.26 Å². The molecule has 0 aliphatic rings. The number of nitrogens with zero attached hydrogens (tertiary/aromatic N) is 2. The first-order valence-corrected chi connectivity index (χ1v) is 5.92. The van der Waals surface area contributed by atoms with Crippen LogP contribution in [-0.2, 0) is 20.1 Å². The van der Waals surface area contributed by atoms with Crippen LogP contribution in [0.3, 0.4) is 0 Å². The van der Waals surface area contributed by atoms with Gasteiger partial charge in [-0.3, -0.25) is 4.68 Å². The normalized spacial score (nSPS) is 11.3. The van der Waals surface area contributed by atoms with Crippen LogP contribution in [0.1, 0.15) is 36.9 Å². The van der Waals surface area contributed by atoms with E-state index in [-0.39, 0.29) is 0 Å². The minimum atomic E-state index is 0.472. The van der Waals surface area contributed by atoms with Crippen LogP contribution in [-0.4, -0.2) is 9.78 Å². The second-order valence-electron chi connectivity index (χ2n) is 4.52. The van der Waals surface area contributed by atoms with E-state index in [0.29, 0.717) is 5.92 Å². The van der Waals surface area contributed by atoms with Gasteiger partial charge >= 0.3 is 0 Å². The smallest absolute Gasteiger partial charge is 0.117 e. The largest absolute Gasteiger partial charge is 0.468 e. The van der Waals surface area contributed by atoms with Crippen molar-refractivity contribution in [1.82, 2.24) is 15.1 Å². The Balaban J connectivity index is 1.90. The highest BCUT2D eigenvalue weighted by atomic mass is 16.3. The molecule has 0 saturated heterocycles. The molecule has 17 heavy (non-hydrogen) atoms. The Kier molecular flexibility index (Phi) is 3.64. The van der Waals surface area contributed by atoms with Gasteiger partial charge in [-0.2, -0.15) is 5.10 Å². The minimum Gasteiger partial charge on any atom is -0.468 e. The standard InChI is InChI=1S/C13H19N3O/c1-10(2)13-7-11(16(3)15-13)8-14-9-12-5-4-6-17-12/h4-7,10,14H,8-9H2,1-3H3. The lowest BCUT2D eigenvalue weighted by molar-refractivity contribution is 0.479. The number of nitrogens with one attached hydrogen (secondary N) is 1. The lowest BCUT2D eigenvalue weighted by Crippen LogP contribution is -2.14. The van der Waals surface area contributed by atoms with E-state index >= 15 is 0 Å². The first-order valence-electron chi connectivity index (χ1n) is 5.92. The zero-order valence-corrected chi connectivity index (χ0v) is 10.6. The van der Waals surface area contributed by atoms with Crippen molar-refractivity contribution in [1.29, 1.82) is 0 Å². The highest BCUT2D eigenvalue weighted by Crippen LogP contribution is 2.13. The molecule has 1 N–H and O–H groups in total. The summed E-state index contributed by atoms with van der Waals surface area (Å²) in [6.07, 6.45) is 1.69. The Morgan fingerprint density at radius 1 is 1.41 bits per heavy atom. The van der Waals surface area contributed by atoms with Crippen LogP contribution in [0.4, 0.5) is 0 Å². The Bertz CT molecular complexity index is 457. The summed E-state index contributed by atoms with van der Waals surface area (Å²) in [7, 11) is 1.98. The molecule has 0 aliphatic carbocycles. The fourth-order valence-corrected chi connectivity index (χ4v) is 1.70. The van der Waals surface area contributed by atoms with E-state index in [9.17, 15) is 0 Å². The predicted molar refractivity (Wildman–Crippen MR) is 66.5 cm³/mol. The van der Waals surface area contributed by atoms with Gasteiger partial charge in [-0.15, -0.1) is 0 Å². The summed E-state index contributed by atoms with van der Waals surface area (Å²) >= 11 is 0. The third kappa shape index (κ3) is 2.97. The SMILES string of the molecule is CC(C)c1cc(CNCc2ccco2)n(C)n1. The van der Waals surface area contributed by atoms with Crippen molar-refractivity contribution in [2.45, 2.75) is 32.9 Å². The number of aromatic nitrogens is 2. The van der Waals surface area contributed by atoms with Gasteiger partial charge in [0.15, 0.2) is 0 Å². The van der Waals surface area contributed by atoms with Crippen molar-refractivity contribution in [2.75, 3.05) is 0 Å². The van der Waals surface area contributed by atoms with Crippen LogP contribution in [0.15, 0.2) is 28.9 Å². The van der Waals surface area contributed by atoms with Crippen LogP contribution in [0, 0.1) is 0 Å². The quantitative estimate of drug-likeness (QED) is 0.862. The summed E-state index contributed by atoms with van der Waals surface area (Å²) < 4.78 is 7.20. The second kappa shape index (κ2) is 5.19. The van der Waals surface area contributed by atoms with E-state index in [1.165, 1.54) is 5.69 Å². The highest BCUT2D eigenvalue weighted by Gasteiger charge is 2.07. The van der Waals surface area contributed by atoms with E-state index < -0.39 is 0 Å². The molecule has 0 unspecified atom stereocenters. The van der Waals surface area contributed by atoms with Gasteiger partial charge in [-0.25, -0.2) is 0 Å². The first-order chi connectivity index (χ1) is 8.16. The molecule has 4 heteroatoms. The van der Waals surface area contributed by atoms with Gasteiger partial charge in [-0.1, -0.05) is 13.8 Å². The van der Waals surface area contributed by atoms with Crippen LogP contribution >= 0.6 is 0 Å². The molecular weight excluding hydrogens is 214 g/mol. The van der Waals surface area contributed by atoms with Crippen molar-refractivity contribution >= 4 is 0 Å². The summed E-state index contributed by atoms with van der Waals surface area (Å²) in [6.45, 7) is 5.86. The molecule has 0 bridgehead atoms. The number of furan rings is 1. The Hall–Kier alpha value is -1.55. The molecule has 0 atom stereocenters.